The van der Waals surface area contributed by atoms with Crippen LogP contribution in [0.3, 0.4) is 0 Å². The smallest absolute Gasteiger partial charge is 0.408 e. The molecule has 0 spiro atoms. The number of carbonyl (C=O) groups excluding carboxylic acids is 2. The topological polar surface area (TPSA) is 136 Å². The summed E-state index contributed by atoms with van der Waals surface area (Å²) < 4.78 is 22.3. The zero-order valence-corrected chi connectivity index (χ0v) is 18.7. The van der Waals surface area contributed by atoms with E-state index in [1.165, 1.54) is 17.3 Å². The Balaban J connectivity index is 1.42. The van der Waals surface area contributed by atoms with Crippen LogP contribution in [0.15, 0.2) is 20.8 Å². The number of nitrogens with one attached hydrogen (secondary N) is 2. The van der Waals surface area contributed by atoms with Crippen LogP contribution >= 0.6 is 11.3 Å². The van der Waals surface area contributed by atoms with Crippen LogP contribution in [0.4, 0.5) is 15.3 Å². The van der Waals surface area contributed by atoms with Crippen molar-refractivity contribution in [3.05, 3.63) is 39.5 Å². The van der Waals surface area contributed by atoms with Gasteiger partial charge in [-0.15, -0.1) is 15.7 Å². The normalized spacial score (nSPS) is 23.5. The summed E-state index contributed by atoms with van der Waals surface area (Å²) in [6.07, 6.45) is 6.77. The maximum atomic E-state index is 13.1. The third-order valence-corrected chi connectivity index (χ3v) is 9.16. The van der Waals surface area contributed by atoms with Gasteiger partial charge in [0.25, 0.3) is 0 Å². The molecule has 0 bridgehead atoms. The van der Waals surface area contributed by atoms with Gasteiger partial charge >= 0.3 is 12.1 Å². The zero-order valence-electron chi connectivity index (χ0n) is 17.0. The molecule has 3 aliphatic rings. The van der Waals surface area contributed by atoms with Crippen molar-refractivity contribution in [1.29, 1.82) is 0 Å². The number of anilines is 1. The number of rotatable bonds is 3. The van der Waals surface area contributed by atoms with E-state index >= 15 is 0 Å². The number of hydrogen-bond acceptors (Lipinski definition) is 6. The fourth-order valence-corrected chi connectivity index (χ4v) is 6.68. The van der Waals surface area contributed by atoms with E-state index < -0.39 is 27.6 Å². The quantitative estimate of drug-likeness (QED) is 0.645. The molecule has 0 radical (unpaired) electrons. The van der Waals surface area contributed by atoms with Crippen molar-refractivity contribution >= 4 is 39.1 Å². The van der Waals surface area contributed by atoms with Crippen LogP contribution in [0.1, 0.15) is 47.0 Å². The molecule has 1 fully saturated rings. The molecule has 4 N–H and O–H groups in total. The van der Waals surface area contributed by atoms with Gasteiger partial charge in [-0.2, -0.15) is 0 Å². The predicted octanol–water partition coefficient (Wildman–Crippen LogP) is 3.01. The molecule has 1 aromatic carbocycles. The summed E-state index contributed by atoms with van der Waals surface area (Å²) in [6, 6.07) is 1.55. The van der Waals surface area contributed by atoms with Crippen LogP contribution < -0.4 is 15.8 Å². The number of alkyl carbamates (subject to hydrolysis) is 1. The number of thiazole rings is 1. The average Bonchev–Trinajstić information content (AvgIpc) is 3.48. The summed E-state index contributed by atoms with van der Waals surface area (Å²) in [4.78, 5) is 28.4. The lowest BCUT2D eigenvalue weighted by Gasteiger charge is -2.17. The summed E-state index contributed by atoms with van der Waals surface area (Å²) in [5.74, 6) is 0. The second-order valence-electron chi connectivity index (χ2n) is 8.28. The highest BCUT2D eigenvalue weighted by atomic mass is 32.2. The van der Waals surface area contributed by atoms with Gasteiger partial charge in [-0.3, -0.25) is 0 Å². The molecule has 5 rings (SSSR count). The van der Waals surface area contributed by atoms with Gasteiger partial charge in [-0.05, 0) is 67.7 Å². The first-order chi connectivity index (χ1) is 14.7. The van der Waals surface area contributed by atoms with Crippen molar-refractivity contribution in [2.24, 2.45) is 9.50 Å². The number of nitrogens with zero attached hydrogens (tertiary/aromatic N) is 2. The number of hydrogen-bond donors (Lipinski definition) is 3. The SMILES string of the molecule is C[C@]1(c2ncc(S(N)(=O)=NC(=O)Nc3c4c(cc5c3CCC5)CCC4)s2)CNC(=O)O1. The van der Waals surface area contributed by atoms with Crippen molar-refractivity contribution in [2.45, 2.75) is 55.3 Å². The maximum Gasteiger partial charge on any atom is 0.408 e. The second-order valence-corrected chi connectivity index (χ2v) is 11.3. The number of urea groups is 1. The lowest BCUT2D eigenvalue weighted by molar-refractivity contribution is 0.0702. The van der Waals surface area contributed by atoms with Gasteiger partial charge in [0.1, 0.15) is 9.22 Å². The largest absolute Gasteiger partial charge is 0.434 e. The Morgan fingerprint density at radius 3 is 2.58 bits per heavy atom. The number of carbonyl (C=O) groups is 2. The van der Waals surface area contributed by atoms with Crippen LogP contribution in [0, 0.1) is 0 Å². The maximum absolute atomic E-state index is 13.1. The van der Waals surface area contributed by atoms with Gasteiger partial charge in [0.15, 0.2) is 15.5 Å². The Labute approximate surface area is 184 Å². The molecule has 164 valence electrons. The third-order valence-electron chi connectivity index (χ3n) is 6.04. The Hall–Kier alpha value is -2.50. The van der Waals surface area contributed by atoms with Crippen molar-refractivity contribution in [2.75, 3.05) is 11.9 Å². The van der Waals surface area contributed by atoms with Gasteiger partial charge < -0.3 is 15.4 Å². The van der Waals surface area contributed by atoms with Gasteiger partial charge in [-0.1, -0.05) is 6.07 Å². The molecule has 0 saturated carbocycles. The minimum atomic E-state index is -3.50. The Morgan fingerprint density at radius 1 is 1.29 bits per heavy atom. The monoisotopic (exact) mass is 461 g/mol. The summed E-state index contributed by atoms with van der Waals surface area (Å²) in [5.41, 5.74) is 4.75. The summed E-state index contributed by atoms with van der Waals surface area (Å²) in [7, 11) is -3.50. The lowest BCUT2D eigenvalue weighted by Crippen LogP contribution is -2.25. The first-order valence-corrected chi connectivity index (χ1v) is 12.6. The molecular weight excluding hydrogens is 438 g/mol. The van der Waals surface area contributed by atoms with Gasteiger partial charge in [0.2, 0.25) is 0 Å². The molecule has 9 nitrogen and oxygen atoms in total. The molecule has 2 aliphatic carbocycles. The first-order valence-electron chi connectivity index (χ1n) is 10.2. The molecule has 2 aromatic rings. The molecule has 31 heavy (non-hydrogen) atoms. The predicted molar refractivity (Wildman–Crippen MR) is 116 cm³/mol. The van der Waals surface area contributed by atoms with Crippen LogP contribution in [-0.2, 0) is 45.9 Å². The molecular formula is C20H23N5O4S2. The van der Waals surface area contributed by atoms with Crippen molar-refractivity contribution in [3.63, 3.8) is 0 Å². The van der Waals surface area contributed by atoms with Gasteiger partial charge in [-0.25, -0.2) is 23.9 Å². The molecule has 3 amide bonds. The van der Waals surface area contributed by atoms with E-state index in [9.17, 15) is 13.8 Å². The highest BCUT2D eigenvalue weighted by Gasteiger charge is 2.40. The van der Waals surface area contributed by atoms with Gasteiger partial charge in [0, 0.05) is 5.69 Å². The number of fused-ring (bicyclic) bond motifs is 2. The Kier molecular flexibility index (Phi) is 4.79. The van der Waals surface area contributed by atoms with E-state index in [4.69, 9.17) is 9.88 Å². The average molecular weight is 462 g/mol. The van der Waals surface area contributed by atoms with E-state index in [0.717, 1.165) is 66.7 Å². The third kappa shape index (κ3) is 3.60. The number of ether oxygens (including phenoxy) is 1. The highest BCUT2D eigenvalue weighted by Crippen LogP contribution is 2.39. The fraction of sp³-hybridized carbons (Fsp3) is 0.450. The molecule has 1 aliphatic heterocycles. The van der Waals surface area contributed by atoms with Crippen LogP contribution in [-0.4, -0.2) is 27.9 Å². The molecule has 1 aromatic heterocycles. The second kappa shape index (κ2) is 7.28. The molecule has 1 saturated heterocycles. The fourth-order valence-electron chi connectivity index (χ4n) is 4.54. The number of nitrogens with two attached hydrogens (primary N) is 1. The van der Waals surface area contributed by atoms with Crippen LogP contribution in [0.25, 0.3) is 0 Å². The Morgan fingerprint density at radius 2 is 1.97 bits per heavy atom. The van der Waals surface area contributed by atoms with E-state index in [1.54, 1.807) is 6.92 Å². The minimum absolute atomic E-state index is 0.158. The first kappa shape index (κ1) is 20.4. The zero-order chi connectivity index (χ0) is 21.8. The Bertz CT molecular complexity index is 1200. The standard InChI is InChI=1S/C20H23N5O4S2/c1-20(10-23-19(27)29-20)17-22-9-15(30-17)31(21,28)25-18(26)24-16-13-6-2-4-11(13)8-12-5-3-7-14(12)16/h8-9H,2-7,10H2,1H3,(H,23,27)(H3,21,24,25,26,28)/t20-,31?/m1/s1. The molecule has 2 heterocycles. The lowest BCUT2D eigenvalue weighted by atomic mass is 9.99. The number of aryl methyl sites for hydroxylation is 2. The number of benzene rings is 1. The summed E-state index contributed by atoms with van der Waals surface area (Å²) in [5, 5.41) is 11.8. The summed E-state index contributed by atoms with van der Waals surface area (Å²) in [6.45, 7) is 1.94. The van der Waals surface area contributed by atoms with E-state index in [2.05, 4.69) is 26.0 Å². The van der Waals surface area contributed by atoms with Crippen LogP contribution in [0.2, 0.25) is 0 Å². The number of amides is 3. The van der Waals surface area contributed by atoms with E-state index in [1.807, 2.05) is 0 Å². The van der Waals surface area contributed by atoms with E-state index in [0.29, 0.717) is 5.01 Å². The molecule has 11 heteroatoms. The van der Waals surface area contributed by atoms with Crippen molar-refractivity contribution in [3.8, 4) is 0 Å². The van der Waals surface area contributed by atoms with Crippen LogP contribution in [0.5, 0.6) is 0 Å². The van der Waals surface area contributed by atoms with E-state index in [-0.39, 0.29) is 10.8 Å². The van der Waals surface area contributed by atoms with Crippen molar-refractivity contribution < 1.29 is 18.5 Å². The number of cyclic esters (lactones) is 1. The molecule has 2 atom stereocenters. The minimum Gasteiger partial charge on any atom is -0.434 e. The van der Waals surface area contributed by atoms with Crippen molar-refractivity contribution in [1.82, 2.24) is 10.3 Å². The number of aromatic nitrogens is 1. The highest BCUT2D eigenvalue weighted by molar-refractivity contribution is 7.93. The molecule has 1 unspecified atom stereocenters. The summed E-state index contributed by atoms with van der Waals surface area (Å²) >= 11 is 1.02. The van der Waals surface area contributed by atoms with Gasteiger partial charge in [0.05, 0.1) is 12.7 Å².